The Balaban J connectivity index is 1.72. The highest BCUT2D eigenvalue weighted by atomic mass is 35.5. The van der Waals surface area contributed by atoms with Crippen molar-refractivity contribution in [2.45, 2.75) is 10.6 Å². The van der Waals surface area contributed by atoms with Crippen LogP contribution in [0.1, 0.15) is 5.69 Å². The van der Waals surface area contributed by atoms with Gasteiger partial charge in [-0.3, -0.25) is 0 Å². The number of hydrogen-bond donors (Lipinski definition) is 1. The van der Waals surface area contributed by atoms with Crippen molar-refractivity contribution in [3.05, 3.63) is 65.5 Å². The monoisotopic (exact) mass is 316 g/mol. The molecule has 3 rings (SSSR count). The highest BCUT2D eigenvalue weighted by Gasteiger charge is 2.08. The zero-order valence-electron chi connectivity index (χ0n) is 11.1. The lowest BCUT2D eigenvalue weighted by Crippen LogP contribution is -1.86. The molecule has 3 aromatic rings. The minimum atomic E-state index is 0.630. The Labute approximate surface area is 132 Å². The minimum Gasteiger partial charge on any atom is -0.444 e. The minimum absolute atomic E-state index is 0.630. The first-order valence-corrected chi connectivity index (χ1v) is 7.76. The van der Waals surface area contributed by atoms with Gasteiger partial charge in [0.05, 0.1) is 10.7 Å². The molecule has 0 aliphatic heterocycles. The van der Waals surface area contributed by atoms with Gasteiger partial charge in [0.2, 0.25) is 5.89 Å². The number of hydrogen-bond acceptors (Lipinski definition) is 4. The lowest BCUT2D eigenvalue weighted by Gasteiger charge is -2.03. The number of benzene rings is 2. The third-order valence-corrected chi connectivity index (χ3v) is 4.43. The predicted octanol–water partition coefficient (Wildman–Crippen LogP) is 4.87. The first kappa shape index (κ1) is 14.0. The maximum Gasteiger partial charge on any atom is 0.226 e. The molecule has 0 spiro atoms. The summed E-state index contributed by atoms with van der Waals surface area (Å²) in [6.45, 7) is 0. The van der Waals surface area contributed by atoms with Crippen LogP contribution in [0.3, 0.4) is 0 Å². The van der Waals surface area contributed by atoms with Crippen molar-refractivity contribution in [3.63, 3.8) is 0 Å². The number of rotatable bonds is 4. The Morgan fingerprint density at radius 2 is 1.95 bits per heavy atom. The Morgan fingerprint density at radius 1 is 1.14 bits per heavy atom. The van der Waals surface area contributed by atoms with Gasteiger partial charge in [0, 0.05) is 21.9 Å². The summed E-state index contributed by atoms with van der Waals surface area (Å²) >= 11 is 7.73. The molecule has 1 heterocycles. The van der Waals surface area contributed by atoms with Crippen LogP contribution in [0.4, 0.5) is 5.69 Å². The molecule has 0 amide bonds. The van der Waals surface area contributed by atoms with E-state index >= 15 is 0 Å². The standard InChI is InChI=1S/C16H13ClN2OS/c17-14-7-6-12(18)8-15(14)21-10-13-9-20-16(19-13)11-4-2-1-3-5-11/h1-9H,10,18H2. The largest absolute Gasteiger partial charge is 0.444 e. The summed E-state index contributed by atoms with van der Waals surface area (Å²) in [4.78, 5) is 5.43. The van der Waals surface area contributed by atoms with Crippen LogP contribution in [0.15, 0.2) is 64.1 Å². The molecule has 106 valence electrons. The highest BCUT2D eigenvalue weighted by molar-refractivity contribution is 7.98. The molecule has 2 aromatic carbocycles. The maximum absolute atomic E-state index is 6.14. The molecule has 0 atom stereocenters. The molecule has 1 aromatic heterocycles. The van der Waals surface area contributed by atoms with Gasteiger partial charge < -0.3 is 10.2 Å². The smallest absolute Gasteiger partial charge is 0.226 e. The summed E-state index contributed by atoms with van der Waals surface area (Å²) in [5.41, 5.74) is 8.31. The number of aromatic nitrogens is 1. The first-order valence-electron chi connectivity index (χ1n) is 6.40. The fourth-order valence-corrected chi connectivity index (χ4v) is 3.01. The fraction of sp³-hybridized carbons (Fsp3) is 0.0625. The van der Waals surface area contributed by atoms with Gasteiger partial charge in [-0.1, -0.05) is 29.8 Å². The predicted molar refractivity (Wildman–Crippen MR) is 87.4 cm³/mol. The van der Waals surface area contributed by atoms with E-state index in [2.05, 4.69) is 4.98 Å². The van der Waals surface area contributed by atoms with Gasteiger partial charge in [-0.25, -0.2) is 4.98 Å². The Bertz CT molecular complexity index is 743. The lowest BCUT2D eigenvalue weighted by atomic mass is 10.2. The van der Waals surface area contributed by atoms with Crippen LogP contribution >= 0.6 is 23.4 Å². The van der Waals surface area contributed by atoms with E-state index in [-0.39, 0.29) is 0 Å². The fourth-order valence-electron chi connectivity index (χ4n) is 1.87. The van der Waals surface area contributed by atoms with E-state index in [1.54, 1.807) is 30.2 Å². The van der Waals surface area contributed by atoms with Crippen molar-refractivity contribution in [1.29, 1.82) is 0 Å². The van der Waals surface area contributed by atoms with Crippen molar-refractivity contribution < 1.29 is 4.42 Å². The van der Waals surface area contributed by atoms with Crippen molar-refractivity contribution in [2.75, 3.05) is 5.73 Å². The van der Waals surface area contributed by atoms with Gasteiger partial charge in [-0.05, 0) is 30.3 Å². The average Bonchev–Trinajstić information content (AvgIpc) is 2.98. The second-order valence-electron chi connectivity index (χ2n) is 4.49. The normalized spacial score (nSPS) is 10.7. The molecule has 0 fully saturated rings. The van der Waals surface area contributed by atoms with E-state index in [1.165, 1.54) is 0 Å². The number of nitrogens with zero attached hydrogens (tertiary/aromatic N) is 1. The van der Waals surface area contributed by atoms with Gasteiger partial charge in [0.25, 0.3) is 0 Å². The third-order valence-electron chi connectivity index (χ3n) is 2.90. The van der Waals surface area contributed by atoms with Crippen molar-refractivity contribution >= 4 is 29.1 Å². The number of oxazole rings is 1. The number of nitrogen functional groups attached to an aromatic ring is 1. The van der Waals surface area contributed by atoms with Gasteiger partial charge in [0.15, 0.2) is 0 Å². The zero-order valence-corrected chi connectivity index (χ0v) is 12.7. The molecule has 3 nitrogen and oxygen atoms in total. The molecule has 21 heavy (non-hydrogen) atoms. The molecule has 0 radical (unpaired) electrons. The Kier molecular flexibility index (Phi) is 4.18. The molecular formula is C16H13ClN2OS. The summed E-state index contributed by atoms with van der Waals surface area (Å²) in [6, 6.07) is 15.3. The van der Waals surface area contributed by atoms with Crippen molar-refractivity contribution in [3.8, 4) is 11.5 Å². The summed E-state index contributed by atoms with van der Waals surface area (Å²) in [6.07, 6.45) is 1.68. The van der Waals surface area contributed by atoms with Crippen LogP contribution in [0.5, 0.6) is 0 Å². The molecule has 0 unspecified atom stereocenters. The molecule has 0 saturated carbocycles. The number of thioether (sulfide) groups is 1. The van der Waals surface area contributed by atoms with Gasteiger partial charge in [-0.15, -0.1) is 11.8 Å². The van der Waals surface area contributed by atoms with E-state index in [0.29, 0.717) is 22.4 Å². The SMILES string of the molecule is Nc1ccc(Cl)c(SCc2coc(-c3ccccc3)n2)c1. The topological polar surface area (TPSA) is 52.0 Å². The second-order valence-corrected chi connectivity index (χ2v) is 5.91. The van der Waals surface area contributed by atoms with Crippen LogP contribution in [-0.4, -0.2) is 4.98 Å². The number of halogens is 1. The molecule has 0 saturated heterocycles. The number of anilines is 1. The van der Waals surface area contributed by atoms with Crippen molar-refractivity contribution in [2.24, 2.45) is 0 Å². The van der Waals surface area contributed by atoms with Crippen LogP contribution in [-0.2, 0) is 5.75 Å². The number of nitrogens with two attached hydrogens (primary N) is 1. The zero-order chi connectivity index (χ0) is 14.7. The molecule has 2 N–H and O–H groups in total. The van der Waals surface area contributed by atoms with Crippen LogP contribution < -0.4 is 5.73 Å². The van der Waals surface area contributed by atoms with Crippen LogP contribution in [0, 0.1) is 0 Å². The summed E-state index contributed by atoms with van der Waals surface area (Å²) in [5, 5.41) is 0.695. The molecule has 0 bridgehead atoms. The Morgan fingerprint density at radius 3 is 2.76 bits per heavy atom. The summed E-state index contributed by atoms with van der Waals surface area (Å²) in [7, 11) is 0. The van der Waals surface area contributed by atoms with Gasteiger partial charge in [-0.2, -0.15) is 0 Å². The van der Waals surface area contributed by atoms with E-state index in [0.717, 1.165) is 16.2 Å². The highest BCUT2D eigenvalue weighted by Crippen LogP contribution is 2.31. The second kappa shape index (κ2) is 6.24. The van der Waals surface area contributed by atoms with Gasteiger partial charge >= 0.3 is 0 Å². The van der Waals surface area contributed by atoms with E-state index < -0.39 is 0 Å². The summed E-state index contributed by atoms with van der Waals surface area (Å²) < 4.78 is 5.51. The lowest BCUT2D eigenvalue weighted by molar-refractivity contribution is 0.573. The Hall–Kier alpha value is -1.91. The van der Waals surface area contributed by atoms with E-state index in [1.807, 2.05) is 36.4 Å². The molecule has 0 aliphatic rings. The molecular weight excluding hydrogens is 304 g/mol. The van der Waals surface area contributed by atoms with E-state index in [9.17, 15) is 0 Å². The molecule has 0 aliphatic carbocycles. The van der Waals surface area contributed by atoms with Crippen molar-refractivity contribution in [1.82, 2.24) is 4.98 Å². The first-order chi connectivity index (χ1) is 10.2. The quantitative estimate of drug-likeness (QED) is 0.551. The average molecular weight is 317 g/mol. The van der Waals surface area contributed by atoms with Gasteiger partial charge in [0.1, 0.15) is 6.26 Å². The van der Waals surface area contributed by atoms with Crippen LogP contribution in [0.25, 0.3) is 11.5 Å². The van der Waals surface area contributed by atoms with E-state index in [4.69, 9.17) is 21.8 Å². The van der Waals surface area contributed by atoms with Crippen LogP contribution in [0.2, 0.25) is 5.02 Å². The molecule has 5 heteroatoms. The summed E-state index contributed by atoms with van der Waals surface area (Å²) in [5.74, 6) is 1.31. The third kappa shape index (κ3) is 3.40. The maximum atomic E-state index is 6.14.